The third kappa shape index (κ3) is 5.17. The molecule has 3 rings (SSSR count). The number of benzene rings is 3. The molecule has 5 nitrogen and oxygen atoms in total. The molecule has 0 aliphatic rings. The number of hydrogen-bond acceptors (Lipinski definition) is 5. The lowest BCUT2D eigenvalue weighted by molar-refractivity contribution is 0.0731. The van der Waals surface area contributed by atoms with Gasteiger partial charge in [-0.15, -0.1) is 0 Å². The number of carbonyl (C=O) groups excluding carboxylic acids is 3. The zero-order valence-corrected chi connectivity index (χ0v) is 16.0. The lowest BCUT2D eigenvalue weighted by Gasteiger charge is -2.12. The smallest absolute Gasteiger partial charge is 0.343 e. The van der Waals surface area contributed by atoms with Gasteiger partial charge in [0.2, 0.25) is 0 Å². The van der Waals surface area contributed by atoms with Gasteiger partial charge >= 0.3 is 11.9 Å². The van der Waals surface area contributed by atoms with Crippen molar-refractivity contribution in [3.05, 3.63) is 95.6 Å². The lowest BCUT2D eigenvalue weighted by atomic mass is 10.1. The van der Waals surface area contributed by atoms with Crippen LogP contribution in [0.15, 0.2) is 78.9 Å². The molecule has 5 heteroatoms. The molecule has 0 spiro atoms. The van der Waals surface area contributed by atoms with Crippen LogP contribution in [0.1, 0.15) is 50.8 Å². The van der Waals surface area contributed by atoms with E-state index in [4.69, 9.17) is 9.47 Å². The van der Waals surface area contributed by atoms with Crippen LogP contribution in [0.25, 0.3) is 0 Å². The van der Waals surface area contributed by atoms with Crippen LogP contribution in [0, 0.1) is 0 Å². The minimum absolute atomic E-state index is 0.0654. The minimum atomic E-state index is -0.595. The molecule has 3 aromatic rings. The summed E-state index contributed by atoms with van der Waals surface area (Å²) in [5.41, 5.74) is 1.02. The minimum Gasteiger partial charge on any atom is -0.423 e. The Morgan fingerprint density at radius 1 is 0.724 bits per heavy atom. The van der Waals surface area contributed by atoms with E-state index in [1.807, 2.05) is 6.92 Å². The normalized spacial score (nSPS) is 10.2. The Hall–Kier alpha value is -3.73. The van der Waals surface area contributed by atoms with Crippen molar-refractivity contribution in [3.63, 3.8) is 0 Å². The highest BCUT2D eigenvalue weighted by molar-refractivity contribution is 6.00. The zero-order valence-electron chi connectivity index (χ0n) is 16.0. The second-order valence-corrected chi connectivity index (χ2v) is 6.34. The molecule has 3 aromatic carbocycles. The fraction of sp³-hybridized carbons (Fsp3) is 0.125. The number of esters is 2. The van der Waals surface area contributed by atoms with Gasteiger partial charge < -0.3 is 9.47 Å². The van der Waals surface area contributed by atoms with Crippen LogP contribution in [0.2, 0.25) is 0 Å². The van der Waals surface area contributed by atoms with E-state index in [0.717, 1.165) is 0 Å². The highest BCUT2D eigenvalue weighted by Gasteiger charge is 2.18. The van der Waals surface area contributed by atoms with Crippen molar-refractivity contribution >= 4 is 17.7 Å². The summed E-state index contributed by atoms with van der Waals surface area (Å²) in [6.07, 6.45) is 0.981. The summed E-state index contributed by atoms with van der Waals surface area (Å²) in [4.78, 5) is 37.2. The molecule has 0 amide bonds. The van der Waals surface area contributed by atoms with Crippen molar-refractivity contribution < 1.29 is 23.9 Å². The number of carbonyl (C=O) groups is 3. The Kier molecular flexibility index (Phi) is 6.53. The SMILES string of the molecule is CCCC(=O)c1ccc(OC(=O)c2ccccc2)cc1OC(=O)c1ccccc1. The van der Waals surface area contributed by atoms with Gasteiger partial charge in [0.05, 0.1) is 16.7 Å². The quantitative estimate of drug-likeness (QED) is 0.320. The lowest BCUT2D eigenvalue weighted by Crippen LogP contribution is -2.13. The maximum Gasteiger partial charge on any atom is 0.343 e. The summed E-state index contributed by atoms with van der Waals surface area (Å²) in [6.45, 7) is 1.89. The standard InChI is InChI=1S/C24H20O5/c1-2-9-21(25)20-15-14-19(28-23(26)17-10-5-3-6-11-17)16-22(20)29-24(27)18-12-7-4-8-13-18/h3-8,10-16H,2,9H2,1H3. The summed E-state index contributed by atoms with van der Waals surface area (Å²) < 4.78 is 10.9. The molecule has 0 fully saturated rings. The molecule has 0 unspecified atom stereocenters. The van der Waals surface area contributed by atoms with Gasteiger partial charge in [-0.3, -0.25) is 4.79 Å². The molecule has 0 radical (unpaired) electrons. The molecule has 0 heterocycles. The average molecular weight is 388 g/mol. The van der Waals surface area contributed by atoms with Gasteiger partial charge in [0.15, 0.2) is 5.78 Å². The molecule has 0 aromatic heterocycles. The van der Waals surface area contributed by atoms with Gasteiger partial charge in [-0.2, -0.15) is 0 Å². The van der Waals surface area contributed by atoms with E-state index in [9.17, 15) is 14.4 Å². The molecule has 0 bridgehead atoms. The van der Waals surface area contributed by atoms with Crippen LogP contribution in [-0.4, -0.2) is 17.7 Å². The van der Waals surface area contributed by atoms with E-state index in [1.165, 1.54) is 18.2 Å². The predicted octanol–water partition coefficient (Wildman–Crippen LogP) is 5.11. The topological polar surface area (TPSA) is 69.7 Å². The number of ether oxygens (including phenoxy) is 2. The van der Waals surface area contributed by atoms with Crippen LogP contribution < -0.4 is 9.47 Å². The van der Waals surface area contributed by atoms with Crippen LogP contribution in [-0.2, 0) is 0 Å². The second kappa shape index (κ2) is 9.46. The first-order valence-corrected chi connectivity index (χ1v) is 9.30. The maximum absolute atomic E-state index is 12.5. The van der Waals surface area contributed by atoms with E-state index >= 15 is 0 Å². The van der Waals surface area contributed by atoms with Crippen LogP contribution in [0.4, 0.5) is 0 Å². The maximum atomic E-state index is 12.5. The van der Waals surface area contributed by atoms with Crippen molar-refractivity contribution in [3.8, 4) is 11.5 Å². The van der Waals surface area contributed by atoms with Crippen molar-refractivity contribution in [1.29, 1.82) is 0 Å². The van der Waals surface area contributed by atoms with Crippen LogP contribution >= 0.6 is 0 Å². The number of hydrogen-bond donors (Lipinski definition) is 0. The fourth-order valence-corrected chi connectivity index (χ4v) is 2.72. The van der Waals surface area contributed by atoms with Gasteiger partial charge in [-0.25, -0.2) is 9.59 Å². The van der Waals surface area contributed by atoms with Crippen molar-refractivity contribution in [1.82, 2.24) is 0 Å². The monoisotopic (exact) mass is 388 g/mol. The molecule has 0 atom stereocenters. The van der Waals surface area contributed by atoms with Crippen molar-refractivity contribution in [2.24, 2.45) is 0 Å². The summed E-state index contributed by atoms with van der Waals surface area (Å²) in [7, 11) is 0. The largest absolute Gasteiger partial charge is 0.423 e. The van der Waals surface area contributed by atoms with Gasteiger partial charge in [0.1, 0.15) is 11.5 Å². The van der Waals surface area contributed by atoms with E-state index < -0.39 is 11.9 Å². The number of ketones is 1. The van der Waals surface area contributed by atoms with Gasteiger partial charge in [-0.05, 0) is 42.8 Å². The van der Waals surface area contributed by atoms with E-state index in [0.29, 0.717) is 24.0 Å². The molecular weight excluding hydrogens is 368 g/mol. The summed E-state index contributed by atoms with van der Waals surface area (Å²) in [5.74, 6) is -1.04. The van der Waals surface area contributed by atoms with E-state index in [-0.39, 0.29) is 22.8 Å². The van der Waals surface area contributed by atoms with Crippen LogP contribution in [0.3, 0.4) is 0 Å². The third-order valence-corrected chi connectivity index (χ3v) is 4.16. The Bertz CT molecular complexity index is 1010. The zero-order chi connectivity index (χ0) is 20.6. The van der Waals surface area contributed by atoms with Crippen LogP contribution in [0.5, 0.6) is 11.5 Å². The molecule has 29 heavy (non-hydrogen) atoms. The van der Waals surface area contributed by atoms with Crippen molar-refractivity contribution in [2.75, 3.05) is 0 Å². The highest BCUT2D eigenvalue weighted by Crippen LogP contribution is 2.28. The highest BCUT2D eigenvalue weighted by atomic mass is 16.5. The van der Waals surface area contributed by atoms with Gasteiger partial charge in [0.25, 0.3) is 0 Å². The van der Waals surface area contributed by atoms with E-state index in [2.05, 4.69) is 0 Å². The molecule has 146 valence electrons. The van der Waals surface area contributed by atoms with E-state index in [1.54, 1.807) is 60.7 Å². The number of rotatable bonds is 7. The summed E-state index contributed by atoms with van der Waals surface area (Å²) in [6, 6.07) is 21.4. The Labute approximate surface area is 168 Å². The fourth-order valence-electron chi connectivity index (χ4n) is 2.72. The Balaban J connectivity index is 1.88. The first kappa shape index (κ1) is 20.0. The molecule has 0 saturated heterocycles. The number of Topliss-reactive ketones (excluding diaryl/α,β-unsaturated/α-hetero) is 1. The Morgan fingerprint density at radius 3 is 1.83 bits per heavy atom. The summed E-state index contributed by atoms with van der Waals surface area (Å²) in [5, 5.41) is 0. The Morgan fingerprint density at radius 2 is 1.28 bits per heavy atom. The van der Waals surface area contributed by atoms with Crippen molar-refractivity contribution in [2.45, 2.75) is 19.8 Å². The average Bonchev–Trinajstić information content (AvgIpc) is 2.75. The molecular formula is C24H20O5. The molecule has 0 aliphatic heterocycles. The predicted molar refractivity (Wildman–Crippen MR) is 108 cm³/mol. The first-order valence-electron chi connectivity index (χ1n) is 9.30. The second-order valence-electron chi connectivity index (χ2n) is 6.34. The molecule has 0 aliphatic carbocycles. The summed E-state index contributed by atoms with van der Waals surface area (Å²) >= 11 is 0. The third-order valence-electron chi connectivity index (χ3n) is 4.16. The molecule has 0 N–H and O–H groups in total. The first-order chi connectivity index (χ1) is 14.1. The molecule has 0 saturated carbocycles. The van der Waals surface area contributed by atoms with Gasteiger partial charge in [0, 0.05) is 12.5 Å². The van der Waals surface area contributed by atoms with Gasteiger partial charge in [-0.1, -0.05) is 43.3 Å².